The van der Waals surface area contributed by atoms with Crippen molar-refractivity contribution in [2.75, 3.05) is 5.32 Å². The molecule has 1 aromatic rings. The summed E-state index contributed by atoms with van der Waals surface area (Å²) in [5, 5.41) is 2.62. The molecule has 0 aliphatic rings. The van der Waals surface area contributed by atoms with Gasteiger partial charge in [0.15, 0.2) is 0 Å². The number of nitrogens with zero attached hydrogens (tertiary/aromatic N) is 1. The van der Waals surface area contributed by atoms with Crippen LogP contribution in [0.15, 0.2) is 24.9 Å². The van der Waals surface area contributed by atoms with Crippen LogP contribution in [-0.4, -0.2) is 16.7 Å². The molecule has 1 rings (SSSR count). The highest BCUT2D eigenvalue weighted by Gasteiger charge is 2.16. The predicted octanol–water partition coefficient (Wildman–Crippen LogP) is 3.07. The van der Waals surface area contributed by atoms with Crippen molar-refractivity contribution >= 4 is 17.9 Å². The minimum atomic E-state index is -0.502. The van der Waals surface area contributed by atoms with Crippen molar-refractivity contribution in [2.45, 2.75) is 26.4 Å². The van der Waals surface area contributed by atoms with Gasteiger partial charge in [-0.25, -0.2) is 4.79 Å². The normalized spacial score (nSPS) is 10.7. The molecule has 0 bridgehead atoms. The maximum Gasteiger partial charge on any atom is 0.412 e. The number of carbonyl (C=O) groups is 1. The molecule has 0 spiro atoms. The summed E-state index contributed by atoms with van der Waals surface area (Å²) >= 11 is 0. The average molecular weight is 220 g/mol. The van der Waals surface area contributed by atoms with Crippen LogP contribution in [0, 0.1) is 0 Å². The number of anilines is 1. The zero-order chi connectivity index (χ0) is 12.2. The van der Waals surface area contributed by atoms with Crippen LogP contribution in [0.25, 0.3) is 6.08 Å². The number of pyridine rings is 1. The van der Waals surface area contributed by atoms with Gasteiger partial charge in [0.2, 0.25) is 0 Å². The van der Waals surface area contributed by atoms with E-state index in [1.807, 2.05) is 20.8 Å². The lowest BCUT2D eigenvalue weighted by molar-refractivity contribution is 0.0636. The van der Waals surface area contributed by atoms with E-state index < -0.39 is 11.7 Å². The van der Waals surface area contributed by atoms with Crippen molar-refractivity contribution in [1.29, 1.82) is 0 Å². The summed E-state index contributed by atoms with van der Waals surface area (Å²) in [6.45, 7) is 9.05. The van der Waals surface area contributed by atoms with E-state index in [0.29, 0.717) is 11.4 Å². The van der Waals surface area contributed by atoms with Crippen LogP contribution >= 0.6 is 0 Å². The Labute approximate surface area is 95.3 Å². The zero-order valence-corrected chi connectivity index (χ0v) is 9.78. The van der Waals surface area contributed by atoms with E-state index in [1.54, 1.807) is 24.4 Å². The Hall–Kier alpha value is -1.84. The van der Waals surface area contributed by atoms with Crippen molar-refractivity contribution in [3.63, 3.8) is 0 Å². The summed E-state index contributed by atoms with van der Waals surface area (Å²) in [6.07, 6.45) is 2.73. The second-order valence-electron chi connectivity index (χ2n) is 4.30. The van der Waals surface area contributed by atoms with Crippen LogP contribution in [0.2, 0.25) is 0 Å². The number of carbonyl (C=O) groups excluding carboxylic acids is 1. The molecular formula is C12H16N2O2. The van der Waals surface area contributed by atoms with E-state index in [0.717, 1.165) is 0 Å². The van der Waals surface area contributed by atoms with Gasteiger partial charge in [0.1, 0.15) is 5.60 Å². The molecule has 0 aliphatic carbocycles. The molecule has 0 aromatic carbocycles. The van der Waals surface area contributed by atoms with Gasteiger partial charge in [0.05, 0.1) is 5.69 Å². The zero-order valence-electron chi connectivity index (χ0n) is 9.78. The van der Waals surface area contributed by atoms with Gasteiger partial charge in [-0.2, -0.15) is 0 Å². The SMILES string of the molecule is C=Cc1cc(NC(=O)OC(C)(C)C)ccn1. The molecule has 4 nitrogen and oxygen atoms in total. The van der Waals surface area contributed by atoms with Gasteiger partial charge in [-0.15, -0.1) is 0 Å². The minimum Gasteiger partial charge on any atom is -0.444 e. The standard InChI is InChI=1S/C12H16N2O2/c1-5-9-8-10(6-7-13-9)14-11(15)16-12(2,3)4/h5-8H,1H2,2-4H3,(H,13,14,15). The van der Waals surface area contributed by atoms with Crippen molar-refractivity contribution in [2.24, 2.45) is 0 Å². The van der Waals surface area contributed by atoms with E-state index in [9.17, 15) is 4.79 Å². The molecule has 16 heavy (non-hydrogen) atoms. The summed E-state index contributed by atoms with van der Waals surface area (Å²) in [5.41, 5.74) is 0.839. The van der Waals surface area contributed by atoms with Crippen molar-refractivity contribution in [1.82, 2.24) is 4.98 Å². The molecule has 0 radical (unpaired) electrons. The second kappa shape index (κ2) is 4.79. The number of amides is 1. The molecule has 0 aliphatic heterocycles. The van der Waals surface area contributed by atoms with Gasteiger partial charge < -0.3 is 4.74 Å². The lowest BCUT2D eigenvalue weighted by Gasteiger charge is -2.19. The van der Waals surface area contributed by atoms with Gasteiger partial charge >= 0.3 is 6.09 Å². The predicted molar refractivity (Wildman–Crippen MR) is 64.2 cm³/mol. The smallest absolute Gasteiger partial charge is 0.412 e. The monoisotopic (exact) mass is 220 g/mol. The quantitative estimate of drug-likeness (QED) is 0.833. The Bertz CT molecular complexity index is 394. The van der Waals surface area contributed by atoms with Crippen LogP contribution in [0.3, 0.4) is 0 Å². The first-order valence-electron chi connectivity index (χ1n) is 4.99. The Balaban J connectivity index is 2.66. The van der Waals surface area contributed by atoms with Gasteiger partial charge in [0.25, 0.3) is 0 Å². The third-order valence-electron chi connectivity index (χ3n) is 1.64. The highest BCUT2D eigenvalue weighted by Crippen LogP contribution is 2.12. The lowest BCUT2D eigenvalue weighted by Crippen LogP contribution is -2.27. The topological polar surface area (TPSA) is 51.2 Å². The maximum atomic E-state index is 11.4. The Morgan fingerprint density at radius 2 is 2.25 bits per heavy atom. The number of hydrogen-bond donors (Lipinski definition) is 1. The van der Waals surface area contributed by atoms with Crippen LogP contribution in [0.5, 0.6) is 0 Å². The molecular weight excluding hydrogens is 204 g/mol. The highest BCUT2D eigenvalue weighted by molar-refractivity contribution is 5.85. The van der Waals surface area contributed by atoms with Gasteiger partial charge in [0, 0.05) is 11.9 Å². The summed E-state index contributed by atoms with van der Waals surface area (Å²) in [7, 11) is 0. The summed E-state index contributed by atoms with van der Waals surface area (Å²) in [6, 6.07) is 3.41. The molecule has 0 unspecified atom stereocenters. The molecule has 1 aromatic heterocycles. The molecule has 4 heteroatoms. The Kier molecular flexibility index (Phi) is 3.66. The summed E-state index contributed by atoms with van der Waals surface area (Å²) < 4.78 is 5.12. The van der Waals surface area contributed by atoms with Crippen LogP contribution < -0.4 is 5.32 Å². The Morgan fingerprint density at radius 1 is 1.56 bits per heavy atom. The number of rotatable bonds is 2. The molecule has 0 atom stereocenters. The Morgan fingerprint density at radius 3 is 2.81 bits per heavy atom. The van der Waals surface area contributed by atoms with Crippen molar-refractivity contribution < 1.29 is 9.53 Å². The van der Waals surface area contributed by atoms with E-state index in [4.69, 9.17) is 4.74 Å². The van der Waals surface area contributed by atoms with E-state index in [1.165, 1.54) is 0 Å². The van der Waals surface area contributed by atoms with Gasteiger partial charge in [-0.05, 0) is 39.0 Å². The third kappa shape index (κ3) is 4.13. The largest absolute Gasteiger partial charge is 0.444 e. The first-order valence-corrected chi connectivity index (χ1v) is 4.99. The maximum absolute atomic E-state index is 11.4. The summed E-state index contributed by atoms with van der Waals surface area (Å²) in [4.78, 5) is 15.5. The molecule has 1 amide bonds. The first-order chi connectivity index (χ1) is 7.40. The van der Waals surface area contributed by atoms with Crippen LogP contribution in [0.4, 0.5) is 10.5 Å². The van der Waals surface area contributed by atoms with E-state index in [-0.39, 0.29) is 0 Å². The molecule has 0 fully saturated rings. The third-order valence-corrected chi connectivity index (χ3v) is 1.64. The minimum absolute atomic E-state index is 0.478. The highest BCUT2D eigenvalue weighted by atomic mass is 16.6. The molecule has 1 heterocycles. The number of nitrogens with one attached hydrogen (secondary N) is 1. The fraction of sp³-hybridized carbons (Fsp3) is 0.333. The fourth-order valence-electron chi connectivity index (χ4n) is 1.06. The molecule has 0 saturated carbocycles. The van der Waals surface area contributed by atoms with Crippen molar-refractivity contribution in [3.05, 3.63) is 30.6 Å². The van der Waals surface area contributed by atoms with E-state index in [2.05, 4.69) is 16.9 Å². The van der Waals surface area contributed by atoms with Gasteiger partial charge in [-0.1, -0.05) is 6.58 Å². The molecule has 1 N–H and O–H groups in total. The second-order valence-corrected chi connectivity index (χ2v) is 4.30. The molecule has 0 saturated heterocycles. The molecule has 86 valence electrons. The van der Waals surface area contributed by atoms with E-state index >= 15 is 0 Å². The lowest BCUT2D eigenvalue weighted by atomic mass is 10.2. The van der Waals surface area contributed by atoms with Gasteiger partial charge in [-0.3, -0.25) is 10.3 Å². The average Bonchev–Trinajstić information content (AvgIpc) is 2.15. The fourth-order valence-corrected chi connectivity index (χ4v) is 1.06. The summed E-state index contributed by atoms with van der Waals surface area (Å²) in [5.74, 6) is 0. The number of aromatic nitrogens is 1. The number of ether oxygens (including phenoxy) is 1. The van der Waals surface area contributed by atoms with Crippen LogP contribution in [0.1, 0.15) is 26.5 Å². The first kappa shape index (κ1) is 12.2. The van der Waals surface area contributed by atoms with Crippen LogP contribution in [-0.2, 0) is 4.74 Å². The number of hydrogen-bond acceptors (Lipinski definition) is 3. The van der Waals surface area contributed by atoms with Crippen molar-refractivity contribution in [3.8, 4) is 0 Å².